The number of carbonyl (C=O) groups excluding carboxylic acids is 3. The molecule has 0 saturated carbocycles. The Balaban J connectivity index is -0.000000916. The standard InChI is InChI=1S/C11H21N3O3.C2H6.H2/c1-8(2)9(15)6-13(3)11(17)7-14(4)10(16)5-12;1-2;/h8H,5-7,12H2,1-4H3;1-2H3;1H. The lowest BCUT2D eigenvalue weighted by Gasteiger charge is -2.21. The monoisotopic (exact) mass is 275 g/mol. The fraction of sp³-hybridized carbons (Fsp3) is 0.769. The van der Waals surface area contributed by atoms with Gasteiger partial charge >= 0.3 is 0 Å². The van der Waals surface area contributed by atoms with Crippen molar-refractivity contribution in [2.75, 3.05) is 33.7 Å². The van der Waals surface area contributed by atoms with Gasteiger partial charge in [0.2, 0.25) is 11.8 Å². The summed E-state index contributed by atoms with van der Waals surface area (Å²) in [6.45, 7) is 7.45. The predicted molar refractivity (Wildman–Crippen MR) is 77.6 cm³/mol. The number of amides is 2. The molecule has 19 heavy (non-hydrogen) atoms. The molecular formula is C13H29N3O3. The molecule has 0 bridgehead atoms. The Bertz CT molecular complexity index is 309. The van der Waals surface area contributed by atoms with Crippen LogP contribution in [0.5, 0.6) is 0 Å². The minimum atomic E-state index is -0.304. The molecule has 0 rings (SSSR count). The van der Waals surface area contributed by atoms with Crippen LogP contribution in [0.2, 0.25) is 0 Å². The Morgan fingerprint density at radius 1 is 1.00 bits per heavy atom. The number of Topliss-reactive ketones (excluding diaryl/α,β-unsaturated/α-hetero) is 1. The average Bonchev–Trinajstić information content (AvgIpc) is 2.39. The summed E-state index contributed by atoms with van der Waals surface area (Å²) in [5, 5.41) is 0. The van der Waals surface area contributed by atoms with Gasteiger partial charge in [-0.15, -0.1) is 0 Å². The van der Waals surface area contributed by atoms with Crippen molar-refractivity contribution >= 4 is 17.6 Å². The molecule has 0 aromatic rings. The molecule has 0 unspecified atom stereocenters. The van der Waals surface area contributed by atoms with Crippen molar-refractivity contribution in [1.82, 2.24) is 9.80 Å². The van der Waals surface area contributed by atoms with Crippen LogP contribution in [-0.2, 0) is 14.4 Å². The number of hydrogen-bond donors (Lipinski definition) is 1. The molecule has 0 heterocycles. The topological polar surface area (TPSA) is 83.7 Å². The van der Waals surface area contributed by atoms with Crippen LogP contribution in [0.4, 0.5) is 0 Å². The van der Waals surface area contributed by atoms with Crippen LogP contribution in [0.15, 0.2) is 0 Å². The largest absolute Gasteiger partial charge is 0.337 e. The number of nitrogens with zero attached hydrogens (tertiary/aromatic N) is 2. The van der Waals surface area contributed by atoms with E-state index in [1.807, 2.05) is 13.8 Å². The van der Waals surface area contributed by atoms with Crippen LogP contribution in [-0.4, -0.2) is 61.1 Å². The van der Waals surface area contributed by atoms with Crippen molar-refractivity contribution < 1.29 is 15.8 Å². The molecule has 0 spiro atoms. The summed E-state index contributed by atoms with van der Waals surface area (Å²) in [5.74, 6) is -0.687. The first-order valence-electron chi connectivity index (χ1n) is 6.50. The fourth-order valence-electron chi connectivity index (χ4n) is 1.07. The summed E-state index contributed by atoms with van der Waals surface area (Å²) >= 11 is 0. The van der Waals surface area contributed by atoms with Crippen molar-refractivity contribution in [3.63, 3.8) is 0 Å². The highest BCUT2D eigenvalue weighted by Gasteiger charge is 2.18. The van der Waals surface area contributed by atoms with E-state index < -0.39 is 0 Å². The SMILES string of the molecule is CC.CC(C)C(=O)CN(C)C(=O)CN(C)C(=O)CN.[HH]. The summed E-state index contributed by atoms with van der Waals surface area (Å²) in [4.78, 5) is 36.8. The van der Waals surface area contributed by atoms with Gasteiger partial charge in [0.15, 0.2) is 5.78 Å². The van der Waals surface area contributed by atoms with E-state index in [9.17, 15) is 14.4 Å². The maximum absolute atomic E-state index is 11.7. The number of rotatable bonds is 6. The smallest absolute Gasteiger partial charge is 0.242 e. The van der Waals surface area contributed by atoms with Gasteiger partial charge in [-0.25, -0.2) is 0 Å². The third-order valence-corrected chi connectivity index (χ3v) is 2.44. The number of ketones is 1. The molecule has 0 radical (unpaired) electrons. The second kappa shape index (κ2) is 10.5. The zero-order valence-corrected chi connectivity index (χ0v) is 12.9. The summed E-state index contributed by atoms with van der Waals surface area (Å²) in [6, 6.07) is 0. The van der Waals surface area contributed by atoms with Gasteiger partial charge < -0.3 is 15.5 Å². The fourth-order valence-corrected chi connectivity index (χ4v) is 1.07. The Morgan fingerprint density at radius 3 is 1.79 bits per heavy atom. The van der Waals surface area contributed by atoms with E-state index in [1.54, 1.807) is 20.9 Å². The molecule has 114 valence electrons. The van der Waals surface area contributed by atoms with Gasteiger partial charge in [0.25, 0.3) is 0 Å². The van der Waals surface area contributed by atoms with E-state index in [0.717, 1.165) is 0 Å². The van der Waals surface area contributed by atoms with Gasteiger partial charge in [0.05, 0.1) is 19.6 Å². The van der Waals surface area contributed by atoms with Crippen LogP contribution in [0.1, 0.15) is 29.1 Å². The van der Waals surface area contributed by atoms with E-state index >= 15 is 0 Å². The number of likely N-dealkylation sites (N-methyl/N-ethyl adjacent to an activating group) is 2. The van der Waals surface area contributed by atoms with Crippen LogP contribution >= 0.6 is 0 Å². The van der Waals surface area contributed by atoms with E-state index in [0.29, 0.717) is 0 Å². The van der Waals surface area contributed by atoms with Gasteiger partial charge in [0, 0.05) is 21.4 Å². The highest BCUT2D eigenvalue weighted by molar-refractivity contribution is 5.89. The molecule has 0 aliphatic carbocycles. The van der Waals surface area contributed by atoms with Crippen LogP contribution in [0.25, 0.3) is 0 Å². The Hall–Kier alpha value is -1.43. The van der Waals surface area contributed by atoms with Gasteiger partial charge in [-0.1, -0.05) is 27.7 Å². The van der Waals surface area contributed by atoms with E-state index in [1.165, 1.54) is 16.8 Å². The van der Waals surface area contributed by atoms with E-state index in [4.69, 9.17) is 5.73 Å². The second-order valence-corrected chi connectivity index (χ2v) is 4.32. The molecule has 6 nitrogen and oxygen atoms in total. The Labute approximate surface area is 117 Å². The molecule has 0 aliphatic rings. The first-order chi connectivity index (χ1) is 8.79. The van der Waals surface area contributed by atoms with Crippen molar-refractivity contribution in [2.24, 2.45) is 11.7 Å². The highest BCUT2D eigenvalue weighted by Crippen LogP contribution is 1.97. The number of hydrogen-bond acceptors (Lipinski definition) is 4. The number of nitrogens with two attached hydrogens (primary N) is 1. The third-order valence-electron chi connectivity index (χ3n) is 2.44. The molecule has 0 aromatic heterocycles. The van der Waals surface area contributed by atoms with Crippen LogP contribution < -0.4 is 5.73 Å². The van der Waals surface area contributed by atoms with Gasteiger partial charge in [-0.05, 0) is 0 Å². The maximum atomic E-state index is 11.7. The lowest BCUT2D eigenvalue weighted by molar-refractivity contribution is -0.139. The van der Waals surface area contributed by atoms with Crippen molar-refractivity contribution in [3.8, 4) is 0 Å². The molecule has 2 N–H and O–H groups in total. The Morgan fingerprint density at radius 2 is 1.42 bits per heavy atom. The summed E-state index contributed by atoms with van der Waals surface area (Å²) in [7, 11) is 3.05. The lowest BCUT2D eigenvalue weighted by atomic mass is 10.1. The number of carbonyl (C=O) groups is 3. The first-order valence-corrected chi connectivity index (χ1v) is 6.50. The average molecular weight is 275 g/mol. The van der Waals surface area contributed by atoms with E-state index in [2.05, 4.69) is 0 Å². The normalized spacial score (nSPS) is 9.47. The zero-order valence-electron chi connectivity index (χ0n) is 12.9. The third kappa shape index (κ3) is 8.31. The summed E-state index contributed by atoms with van der Waals surface area (Å²) in [6.07, 6.45) is 0. The molecule has 0 aliphatic heterocycles. The van der Waals surface area contributed by atoms with Gasteiger partial charge in [-0.3, -0.25) is 14.4 Å². The predicted octanol–water partition coefficient (Wildman–Crippen LogP) is 0.359. The highest BCUT2D eigenvalue weighted by atomic mass is 16.2. The zero-order chi connectivity index (χ0) is 15.6. The minimum absolute atomic E-state index is 0. The second-order valence-electron chi connectivity index (χ2n) is 4.32. The van der Waals surface area contributed by atoms with Crippen LogP contribution in [0, 0.1) is 5.92 Å². The molecular weight excluding hydrogens is 246 g/mol. The maximum Gasteiger partial charge on any atom is 0.242 e. The molecule has 6 heteroatoms. The van der Waals surface area contributed by atoms with Crippen molar-refractivity contribution in [1.29, 1.82) is 0 Å². The van der Waals surface area contributed by atoms with Crippen LogP contribution in [0.3, 0.4) is 0 Å². The quantitative estimate of drug-likeness (QED) is 0.758. The van der Waals surface area contributed by atoms with Crippen molar-refractivity contribution in [2.45, 2.75) is 27.7 Å². The summed E-state index contributed by atoms with van der Waals surface area (Å²) in [5.41, 5.74) is 5.18. The minimum Gasteiger partial charge on any atom is -0.337 e. The first kappa shape index (κ1) is 19.9. The summed E-state index contributed by atoms with van der Waals surface area (Å²) < 4.78 is 0. The molecule has 0 aromatic carbocycles. The Kier molecular flexibility index (Phi) is 11.0. The van der Waals surface area contributed by atoms with E-state index in [-0.39, 0.29) is 44.6 Å². The van der Waals surface area contributed by atoms with Gasteiger partial charge in [-0.2, -0.15) is 0 Å². The molecule has 0 fully saturated rings. The molecule has 0 saturated heterocycles. The molecule has 2 amide bonds. The lowest BCUT2D eigenvalue weighted by Crippen LogP contribution is -2.43. The molecule has 0 atom stereocenters. The van der Waals surface area contributed by atoms with Gasteiger partial charge in [0.1, 0.15) is 0 Å². The van der Waals surface area contributed by atoms with Crippen molar-refractivity contribution in [3.05, 3.63) is 0 Å².